The Morgan fingerprint density at radius 3 is 2.38 bits per heavy atom. The van der Waals surface area contributed by atoms with Crippen LogP contribution in [0.2, 0.25) is 19.6 Å². The molecule has 16 heavy (non-hydrogen) atoms. The molecule has 0 aliphatic heterocycles. The van der Waals surface area contributed by atoms with E-state index >= 15 is 0 Å². The molecule has 3 heteroatoms. The second kappa shape index (κ2) is 4.36. The van der Waals surface area contributed by atoms with Gasteiger partial charge in [0, 0.05) is 0 Å². The maximum Gasteiger partial charge on any atom is 0.302 e. The van der Waals surface area contributed by atoms with Crippen molar-refractivity contribution in [1.82, 2.24) is 0 Å². The van der Waals surface area contributed by atoms with Crippen LogP contribution in [0.3, 0.4) is 0 Å². The maximum atomic E-state index is 12.3. The Labute approximate surface area is 100 Å². The van der Waals surface area contributed by atoms with Gasteiger partial charge >= 0.3 is 5.97 Å². The van der Waals surface area contributed by atoms with E-state index in [-0.39, 0.29) is 11.4 Å². The van der Waals surface area contributed by atoms with Gasteiger partial charge in [-0.25, -0.2) is 0 Å². The normalized spacial score (nSPS) is 26.9. The summed E-state index contributed by atoms with van der Waals surface area (Å²) in [6.07, 6.45) is 3.15. The van der Waals surface area contributed by atoms with Crippen molar-refractivity contribution >= 4 is 14.3 Å². The van der Waals surface area contributed by atoms with Crippen molar-refractivity contribution < 1.29 is 9.22 Å². The number of allylic oxidation sites excluding steroid dienone is 1. The van der Waals surface area contributed by atoms with E-state index in [1.807, 2.05) is 6.92 Å². The summed E-state index contributed by atoms with van der Waals surface area (Å²) in [5, 5.41) is 0. The van der Waals surface area contributed by atoms with Gasteiger partial charge in [0.25, 0.3) is 0 Å². The van der Waals surface area contributed by atoms with Gasteiger partial charge in [0.2, 0.25) is 8.32 Å². The first-order valence-corrected chi connectivity index (χ1v) is 9.48. The monoisotopic (exact) mass is 240 g/mol. The number of rotatable bonds is 2. The first-order chi connectivity index (χ1) is 7.17. The van der Waals surface area contributed by atoms with E-state index < -0.39 is 8.32 Å². The van der Waals surface area contributed by atoms with E-state index in [9.17, 15) is 4.79 Å². The zero-order valence-electron chi connectivity index (χ0n) is 11.4. The molecular formula is C13H24O2Si. The molecule has 0 aromatic rings. The largest absolute Gasteiger partial charge is 0.519 e. The van der Waals surface area contributed by atoms with E-state index in [0.29, 0.717) is 0 Å². The van der Waals surface area contributed by atoms with Crippen LogP contribution in [0, 0.1) is 5.41 Å². The van der Waals surface area contributed by atoms with Crippen LogP contribution in [0.4, 0.5) is 0 Å². The van der Waals surface area contributed by atoms with E-state index in [2.05, 4.69) is 33.5 Å². The van der Waals surface area contributed by atoms with E-state index in [0.717, 1.165) is 19.3 Å². The maximum absolute atomic E-state index is 12.3. The van der Waals surface area contributed by atoms with Gasteiger partial charge in [-0.1, -0.05) is 11.1 Å². The van der Waals surface area contributed by atoms with Crippen molar-refractivity contribution in [3.8, 4) is 0 Å². The Bertz CT molecular complexity index is 325. The molecule has 0 heterocycles. The molecule has 0 amide bonds. The highest BCUT2D eigenvalue weighted by Crippen LogP contribution is 2.41. The second-order valence-electron chi connectivity index (χ2n) is 6.09. The van der Waals surface area contributed by atoms with Gasteiger partial charge < -0.3 is 4.43 Å². The van der Waals surface area contributed by atoms with Gasteiger partial charge in [0.15, 0.2) is 0 Å². The predicted octanol–water partition coefficient (Wildman–Crippen LogP) is 3.89. The average Bonchev–Trinajstić information content (AvgIpc) is 2.11. The van der Waals surface area contributed by atoms with Crippen LogP contribution in [0.1, 0.15) is 40.0 Å². The molecule has 1 unspecified atom stereocenters. The molecule has 1 atom stereocenters. The summed E-state index contributed by atoms with van der Waals surface area (Å²) in [6, 6.07) is 0. The summed E-state index contributed by atoms with van der Waals surface area (Å²) in [7, 11) is -1.78. The molecule has 1 rings (SSSR count). The van der Waals surface area contributed by atoms with Gasteiger partial charge in [-0.2, -0.15) is 0 Å². The Balaban J connectivity index is 2.93. The van der Waals surface area contributed by atoms with E-state index in [4.69, 9.17) is 4.43 Å². The van der Waals surface area contributed by atoms with Crippen molar-refractivity contribution in [1.29, 1.82) is 0 Å². The molecule has 0 saturated carbocycles. The van der Waals surface area contributed by atoms with Gasteiger partial charge in [-0.3, -0.25) is 4.79 Å². The molecule has 0 bridgehead atoms. The minimum absolute atomic E-state index is 0.0109. The van der Waals surface area contributed by atoms with Crippen LogP contribution in [0.5, 0.6) is 0 Å². The Kier molecular flexibility index (Phi) is 3.68. The van der Waals surface area contributed by atoms with Gasteiger partial charge in [-0.15, -0.1) is 0 Å². The average molecular weight is 240 g/mol. The van der Waals surface area contributed by atoms with Crippen molar-refractivity contribution in [2.45, 2.75) is 59.7 Å². The Morgan fingerprint density at radius 2 is 1.88 bits per heavy atom. The smallest absolute Gasteiger partial charge is 0.302 e. The molecule has 92 valence electrons. The lowest BCUT2D eigenvalue weighted by Crippen LogP contribution is -2.40. The van der Waals surface area contributed by atoms with Crippen molar-refractivity contribution in [3.05, 3.63) is 11.1 Å². The van der Waals surface area contributed by atoms with Gasteiger partial charge in [0.1, 0.15) is 0 Å². The number of carbonyl (C=O) groups excluding carboxylic acids is 1. The minimum Gasteiger partial charge on any atom is -0.519 e. The fourth-order valence-electron chi connectivity index (χ4n) is 2.20. The third-order valence-electron chi connectivity index (χ3n) is 3.55. The number of hydrogen-bond acceptors (Lipinski definition) is 2. The summed E-state index contributed by atoms with van der Waals surface area (Å²) >= 11 is 0. The van der Waals surface area contributed by atoms with Gasteiger partial charge in [0.05, 0.1) is 5.41 Å². The quantitative estimate of drug-likeness (QED) is 0.540. The lowest BCUT2D eigenvalue weighted by molar-refractivity contribution is -0.144. The van der Waals surface area contributed by atoms with Crippen LogP contribution < -0.4 is 0 Å². The highest BCUT2D eigenvalue weighted by atomic mass is 28.4. The highest BCUT2D eigenvalue weighted by molar-refractivity contribution is 6.71. The molecule has 0 aromatic heterocycles. The summed E-state index contributed by atoms with van der Waals surface area (Å²) in [5.74, 6) is -0.0109. The molecular weight excluding hydrogens is 216 g/mol. The topological polar surface area (TPSA) is 26.3 Å². The summed E-state index contributed by atoms with van der Waals surface area (Å²) in [6.45, 7) is 12.4. The molecule has 0 aromatic carbocycles. The SMILES string of the molecule is CC1=C(C)C(C)(C(=O)O[Si](C)(C)C)CCC1. The summed E-state index contributed by atoms with van der Waals surface area (Å²) in [5.41, 5.74) is 2.21. The van der Waals surface area contributed by atoms with E-state index in [1.165, 1.54) is 11.1 Å². The first kappa shape index (κ1) is 13.5. The third-order valence-corrected chi connectivity index (χ3v) is 4.34. The Hall–Kier alpha value is -0.573. The van der Waals surface area contributed by atoms with Crippen LogP contribution >= 0.6 is 0 Å². The summed E-state index contributed by atoms with van der Waals surface area (Å²) in [4.78, 5) is 12.3. The van der Waals surface area contributed by atoms with Gasteiger partial charge in [-0.05, 0) is 59.7 Å². The second-order valence-corrected chi connectivity index (χ2v) is 10.5. The van der Waals surface area contributed by atoms with Crippen LogP contribution in [0.15, 0.2) is 11.1 Å². The third kappa shape index (κ3) is 2.76. The first-order valence-electron chi connectivity index (χ1n) is 6.07. The van der Waals surface area contributed by atoms with Crippen LogP contribution in [-0.2, 0) is 9.22 Å². The Morgan fingerprint density at radius 1 is 1.31 bits per heavy atom. The molecule has 2 nitrogen and oxygen atoms in total. The zero-order valence-corrected chi connectivity index (χ0v) is 12.4. The lowest BCUT2D eigenvalue weighted by Gasteiger charge is -2.36. The zero-order chi connectivity index (χ0) is 12.6. The van der Waals surface area contributed by atoms with E-state index in [1.54, 1.807) is 0 Å². The molecule has 0 radical (unpaired) electrons. The molecule has 0 spiro atoms. The fraction of sp³-hybridized carbons (Fsp3) is 0.769. The molecule has 0 N–H and O–H groups in total. The fourth-order valence-corrected chi connectivity index (χ4v) is 2.98. The molecule has 1 aliphatic rings. The van der Waals surface area contributed by atoms with Crippen LogP contribution in [-0.4, -0.2) is 14.3 Å². The summed E-state index contributed by atoms with van der Waals surface area (Å²) < 4.78 is 5.66. The molecule has 0 fully saturated rings. The lowest BCUT2D eigenvalue weighted by atomic mass is 9.72. The molecule has 0 saturated heterocycles. The number of carbonyl (C=O) groups is 1. The van der Waals surface area contributed by atoms with Crippen molar-refractivity contribution in [3.63, 3.8) is 0 Å². The minimum atomic E-state index is -1.78. The standard InChI is InChI=1S/C13H24O2Si/c1-10-8-7-9-13(3,11(10)2)12(14)15-16(4,5)6/h7-9H2,1-6H3. The van der Waals surface area contributed by atoms with Crippen LogP contribution in [0.25, 0.3) is 0 Å². The predicted molar refractivity (Wildman–Crippen MR) is 69.8 cm³/mol. The van der Waals surface area contributed by atoms with Crippen molar-refractivity contribution in [2.75, 3.05) is 0 Å². The highest BCUT2D eigenvalue weighted by Gasteiger charge is 2.40. The molecule has 1 aliphatic carbocycles. The van der Waals surface area contributed by atoms with Crippen molar-refractivity contribution in [2.24, 2.45) is 5.41 Å². The number of hydrogen-bond donors (Lipinski definition) is 0.